The molecule has 0 radical (unpaired) electrons. The Morgan fingerprint density at radius 2 is 2.00 bits per heavy atom. The van der Waals surface area contributed by atoms with Gasteiger partial charge in [0.25, 0.3) is 5.91 Å². The Bertz CT molecular complexity index is 506. The SMILES string of the molecule is CCCNC(=O)CCN(CC(C)C)C(=O)c1cc(C)oc1C. The average Bonchev–Trinajstić information content (AvgIpc) is 2.78. The maximum atomic E-state index is 12.7. The molecule has 124 valence electrons. The van der Waals surface area contributed by atoms with Crippen molar-refractivity contribution in [3.8, 4) is 0 Å². The summed E-state index contributed by atoms with van der Waals surface area (Å²) in [5.41, 5.74) is 0.590. The van der Waals surface area contributed by atoms with E-state index in [2.05, 4.69) is 19.2 Å². The summed E-state index contributed by atoms with van der Waals surface area (Å²) in [5.74, 6) is 1.63. The molecule has 22 heavy (non-hydrogen) atoms. The van der Waals surface area contributed by atoms with Crippen molar-refractivity contribution >= 4 is 11.8 Å². The fourth-order valence-electron chi connectivity index (χ4n) is 2.32. The largest absolute Gasteiger partial charge is 0.466 e. The van der Waals surface area contributed by atoms with Gasteiger partial charge in [0.15, 0.2) is 0 Å². The summed E-state index contributed by atoms with van der Waals surface area (Å²) in [6, 6.07) is 1.77. The van der Waals surface area contributed by atoms with Gasteiger partial charge in [0.05, 0.1) is 5.56 Å². The summed E-state index contributed by atoms with van der Waals surface area (Å²) >= 11 is 0. The zero-order chi connectivity index (χ0) is 16.7. The van der Waals surface area contributed by atoms with Crippen LogP contribution in [0.5, 0.6) is 0 Å². The van der Waals surface area contributed by atoms with Crippen molar-refractivity contribution in [2.75, 3.05) is 19.6 Å². The third-order valence-electron chi connectivity index (χ3n) is 3.33. The third kappa shape index (κ3) is 5.54. The van der Waals surface area contributed by atoms with Crippen LogP contribution in [0.4, 0.5) is 0 Å². The lowest BCUT2D eigenvalue weighted by atomic mass is 10.1. The fraction of sp³-hybridized carbons (Fsp3) is 0.647. The van der Waals surface area contributed by atoms with Crippen molar-refractivity contribution in [1.29, 1.82) is 0 Å². The van der Waals surface area contributed by atoms with Crippen LogP contribution < -0.4 is 5.32 Å². The monoisotopic (exact) mass is 308 g/mol. The summed E-state index contributed by atoms with van der Waals surface area (Å²) < 4.78 is 5.44. The lowest BCUT2D eigenvalue weighted by Gasteiger charge is -2.24. The summed E-state index contributed by atoms with van der Waals surface area (Å²) in [6.45, 7) is 11.5. The normalized spacial score (nSPS) is 10.8. The number of aryl methyl sites for hydroxylation is 2. The lowest BCUT2D eigenvalue weighted by molar-refractivity contribution is -0.121. The molecule has 1 aromatic rings. The maximum absolute atomic E-state index is 12.7. The first-order chi connectivity index (χ1) is 10.3. The van der Waals surface area contributed by atoms with E-state index < -0.39 is 0 Å². The zero-order valence-electron chi connectivity index (χ0n) is 14.4. The molecule has 1 N–H and O–H groups in total. The zero-order valence-corrected chi connectivity index (χ0v) is 14.4. The van der Waals surface area contributed by atoms with Crippen LogP contribution in [0, 0.1) is 19.8 Å². The molecule has 1 aromatic heterocycles. The molecule has 0 aliphatic carbocycles. The molecule has 5 nitrogen and oxygen atoms in total. The predicted octanol–water partition coefficient (Wildman–Crippen LogP) is 2.91. The Labute approximate surface area is 133 Å². The van der Waals surface area contributed by atoms with Gasteiger partial charge in [-0.15, -0.1) is 0 Å². The minimum atomic E-state index is -0.0636. The molecule has 0 saturated carbocycles. The van der Waals surface area contributed by atoms with E-state index in [9.17, 15) is 9.59 Å². The Hall–Kier alpha value is -1.78. The van der Waals surface area contributed by atoms with Gasteiger partial charge in [-0.25, -0.2) is 0 Å². The van der Waals surface area contributed by atoms with E-state index in [-0.39, 0.29) is 11.8 Å². The molecule has 0 bridgehead atoms. The van der Waals surface area contributed by atoms with Crippen LogP contribution in [0.15, 0.2) is 10.5 Å². The molecule has 0 fully saturated rings. The Morgan fingerprint density at radius 1 is 1.32 bits per heavy atom. The maximum Gasteiger partial charge on any atom is 0.257 e. The van der Waals surface area contributed by atoms with Crippen LogP contribution in [0.2, 0.25) is 0 Å². The minimum Gasteiger partial charge on any atom is -0.466 e. The molecule has 2 amide bonds. The summed E-state index contributed by atoms with van der Waals surface area (Å²) in [5, 5.41) is 2.84. The number of rotatable bonds is 8. The Morgan fingerprint density at radius 3 is 2.50 bits per heavy atom. The van der Waals surface area contributed by atoms with E-state index in [1.54, 1.807) is 17.9 Å². The molecule has 1 heterocycles. The number of nitrogens with one attached hydrogen (secondary N) is 1. The van der Waals surface area contributed by atoms with Crippen LogP contribution in [0.1, 0.15) is 55.5 Å². The lowest BCUT2D eigenvalue weighted by Crippen LogP contribution is -2.37. The van der Waals surface area contributed by atoms with Gasteiger partial charge in [-0.1, -0.05) is 20.8 Å². The first-order valence-corrected chi connectivity index (χ1v) is 7.98. The second-order valence-corrected chi connectivity index (χ2v) is 6.07. The van der Waals surface area contributed by atoms with Gasteiger partial charge in [-0.05, 0) is 32.3 Å². The van der Waals surface area contributed by atoms with E-state index in [0.717, 1.165) is 12.2 Å². The summed E-state index contributed by atoms with van der Waals surface area (Å²) in [4.78, 5) is 26.2. The molecule has 1 rings (SSSR count). The molecule has 0 aliphatic heterocycles. The van der Waals surface area contributed by atoms with Gasteiger partial charge in [0, 0.05) is 26.1 Å². The highest BCUT2D eigenvalue weighted by molar-refractivity contribution is 5.95. The number of furan rings is 1. The molecular weight excluding hydrogens is 280 g/mol. The van der Waals surface area contributed by atoms with Crippen molar-refractivity contribution in [2.24, 2.45) is 5.92 Å². The summed E-state index contributed by atoms with van der Waals surface area (Å²) in [6.07, 6.45) is 1.24. The smallest absolute Gasteiger partial charge is 0.257 e. The highest BCUT2D eigenvalue weighted by Gasteiger charge is 2.21. The van der Waals surface area contributed by atoms with Crippen molar-refractivity contribution < 1.29 is 14.0 Å². The number of carbonyl (C=O) groups is 2. The number of nitrogens with zero attached hydrogens (tertiary/aromatic N) is 1. The van der Waals surface area contributed by atoms with Crippen LogP contribution in [-0.4, -0.2) is 36.3 Å². The van der Waals surface area contributed by atoms with E-state index in [4.69, 9.17) is 4.42 Å². The van der Waals surface area contributed by atoms with Crippen LogP contribution in [0.25, 0.3) is 0 Å². The van der Waals surface area contributed by atoms with Gasteiger partial charge in [-0.2, -0.15) is 0 Å². The topological polar surface area (TPSA) is 62.6 Å². The molecular formula is C17H28N2O3. The molecule has 0 aromatic carbocycles. The second-order valence-electron chi connectivity index (χ2n) is 6.07. The second kappa shape index (κ2) is 8.61. The Balaban J connectivity index is 2.73. The molecule has 0 atom stereocenters. The molecule has 0 aliphatic rings. The molecule has 0 unspecified atom stereocenters. The van der Waals surface area contributed by atoms with Gasteiger partial charge in [0.2, 0.25) is 5.91 Å². The summed E-state index contributed by atoms with van der Waals surface area (Å²) in [7, 11) is 0. The minimum absolute atomic E-state index is 0.0106. The number of hydrogen-bond acceptors (Lipinski definition) is 3. The predicted molar refractivity (Wildman–Crippen MR) is 86.8 cm³/mol. The van der Waals surface area contributed by atoms with E-state index in [1.807, 2.05) is 13.8 Å². The number of amides is 2. The number of carbonyl (C=O) groups excluding carboxylic acids is 2. The highest BCUT2D eigenvalue weighted by Crippen LogP contribution is 2.17. The third-order valence-corrected chi connectivity index (χ3v) is 3.33. The van der Waals surface area contributed by atoms with Gasteiger partial charge >= 0.3 is 0 Å². The molecule has 0 saturated heterocycles. The first-order valence-electron chi connectivity index (χ1n) is 7.98. The van der Waals surface area contributed by atoms with E-state index in [0.29, 0.717) is 43.3 Å². The fourth-order valence-corrected chi connectivity index (χ4v) is 2.32. The van der Waals surface area contributed by atoms with Crippen LogP contribution in [0.3, 0.4) is 0 Å². The van der Waals surface area contributed by atoms with Gasteiger partial charge in [0.1, 0.15) is 11.5 Å². The molecule has 0 spiro atoms. The van der Waals surface area contributed by atoms with Crippen LogP contribution in [-0.2, 0) is 4.79 Å². The Kier molecular flexibility index (Phi) is 7.15. The van der Waals surface area contributed by atoms with Gasteiger partial charge < -0.3 is 14.6 Å². The van der Waals surface area contributed by atoms with Crippen molar-refractivity contribution in [2.45, 2.75) is 47.5 Å². The van der Waals surface area contributed by atoms with Crippen LogP contribution >= 0.6 is 0 Å². The standard InChI is InChI=1S/C17H28N2O3/c1-6-8-18-16(20)7-9-19(11-12(2)3)17(21)15-10-13(4)22-14(15)5/h10,12H,6-9,11H2,1-5H3,(H,18,20). The number of hydrogen-bond donors (Lipinski definition) is 1. The highest BCUT2D eigenvalue weighted by atomic mass is 16.3. The van der Waals surface area contributed by atoms with E-state index >= 15 is 0 Å². The average molecular weight is 308 g/mol. The van der Waals surface area contributed by atoms with Crippen molar-refractivity contribution in [1.82, 2.24) is 10.2 Å². The first kappa shape index (κ1) is 18.3. The van der Waals surface area contributed by atoms with E-state index in [1.165, 1.54) is 0 Å². The molecule has 5 heteroatoms. The quantitative estimate of drug-likeness (QED) is 0.803. The van der Waals surface area contributed by atoms with Crippen molar-refractivity contribution in [3.05, 3.63) is 23.2 Å². The van der Waals surface area contributed by atoms with Crippen molar-refractivity contribution in [3.63, 3.8) is 0 Å². The van der Waals surface area contributed by atoms with Gasteiger partial charge in [-0.3, -0.25) is 9.59 Å².